The second kappa shape index (κ2) is 41.4. The highest BCUT2D eigenvalue weighted by Crippen LogP contribution is 2.27. The molecule has 12 atom stereocenters. The first kappa shape index (κ1) is 85.4. The maximum Gasteiger partial charge on any atom is 0.324 e. The van der Waals surface area contributed by atoms with E-state index < -0.39 is 149 Å². The van der Waals surface area contributed by atoms with Gasteiger partial charge in [0.25, 0.3) is 5.91 Å². The highest BCUT2D eigenvalue weighted by Gasteiger charge is 2.46. The molecular formula is C67H124N12O13S. The number of hydrogen-bond donors (Lipinski definition) is 7. The van der Waals surface area contributed by atoms with Gasteiger partial charge in [-0.25, -0.2) is 4.79 Å². The molecule has 0 aromatic rings. The highest BCUT2D eigenvalue weighted by molar-refractivity contribution is 7.99. The average molecular weight is 1340 g/mol. The number of carbonyl (C=O) groups is 11. The highest BCUT2D eigenvalue weighted by atomic mass is 32.2. The molecule has 0 radical (unpaired) electrons. The van der Waals surface area contributed by atoms with Crippen LogP contribution in [0.3, 0.4) is 0 Å². The summed E-state index contributed by atoms with van der Waals surface area (Å²) < 4.78 is 0. The number of aliphatic hydroxyl groups is 2. The quantitative estimate of drug-likeness (QED) is 0.0627. The van der Waals surface area contributed by atoms with Crippen molar-refractivity contribution in [3.8, 4) is 0 Å². The summed E-state index contributed by atoms with van der Waals surface area (Å²) >= 11 is 1.31. The summed E-state index contributed by atoms with van der Waals surface area (Å²) in [4.78, 5) is 172. The van der Waals surface area contributed by atoms with E-state index >= 15 is 24.0 Å². The summed E-state index contributed by atoms with van der Waals surface area (Å²) in [6, 6.07) is -13.9. The Labute approximate surface area is 561 Å². The molecule has 26 heteroatoms. The molecule has 93 heavy (non-hydrogen) atoms. The van der Waals surface area contributed by atoms with Crippen LogP contribution in [-0.4, -0.2) is 250 Å². The molecule has 1 aliphatic rings. The van der Waals surface area contributed by atoms with Crippen molar-refractivity contribution in [2.75, 3.05) is 74.0 Å². The van der Waals surface area contributed by atoms with Crippen LogP contribution in [-0.2, 0) is 47.9 Å². The fraction of sp³-hybridized carbons (Fsp3) is 0.836. The van der Waals surface area contributed by atoms with Crippen LogP contribution in [0.1, 0.15) is 181 Å². The van der Waals surface area contributed by atoms with Crippen molar-refractivity contribution in [2.45, 2.75) is 247 Å². The molecular weight excluding hydrogens is 1210 g/mol. The van der Waals surface area contributed by atoms with Crippen molar-refractivity contribution in [3.05, 3.63) is 0 Å². The van der Waals surface area contributed by atoms with E-state index in [1.54, 1.807) is 34.6 Å². The molecule has 0 bridgehead atoms. The largest absolute Gasteiger partial charge is 0.396 e. The number of thioether (sulfide) groups is 1. The molecule has 0 saturated carbocycles. The third kappa shape index (κ3) is 26.2. The van der Waals surface area contributed by atoms with Crippen LogP contribution in [0.25, 0.3) is 0 Å². The van der Waals surface area contributed by atoms with Crippen LogP contribution in [0.2, 0.25) is 0 Å². The van der Waals surface area contributed by atoms with E-state index in [0.717, 1.165) is 29.1 Å². The molecule has 1 fully saturated rings. The molecule has 1 heterocycles. The van der Waals surface area contributed by atoms with E-state index in [1.165, 1.54) is 99.4 Å². The number of rotatable bonds is 25. The molecule has 0 aromatic carbocycles. The molecule has 536 valence electrons. The zero-order valence-corrected chi connectivity index (χ0v) is 61.5. The number of likely N-dealkylation sites (N-methyl/N-ethyl adjacent to an activating group) is 7. The summed E-state index contributed by atoms with van der Waals surface area (Å²) in [5.74, 6) is -9.00. The van der Waals surface area contributed by atoms with E-state index in [2.05, 4.69) is 21.3 Å². The second-order valence-electron chi connectivity index (χ2n) is 28.3. The molecule has 25 nitrogen and oxygen atoms in total. The molecule has 1 saturated heterocycles. The number of hydrogen-bond acceptors (Lipinski definition) is 15. The Morgan fingerprint density at radius 1 is 0.441 bits per heavy atom. The second-order valence-corrected chi connectivity index (χ2v) is 29.5. The molecule has 0 aliphatic carbocycles. The van der Waals surface area contributed by atoms with Gasteiger partial charge < -0.3 is 66.2 Å². The fourth-order valence-electron chi connectivity index (χ4n) is 11.7. The van der Waals surface area contributed by atoms with E-state index in [1.807, 2.05) is 55.4 Å². The number of urea groups is 1. The lowest BCUT2D eigenvalue weighted by atomic mass is 9.90. The smallest absolute Gasteiger partial charge is 0.324 e. The van der Waals surface area contributed by atoms with Gasteiger partial charge in [0, 0.05) is 61.7 Å². The molecule has 0 unspecified atom stereocenters. The van der Waals surface area contributed by atoms with E-state index in [0.29, 0.717) is 44.4 Å². The lowest BCUT2D eigenvalue weighted by molar-refractivity contribution is -0.157. The molecule has 0 spiro atoms. The van der Waals surface area contributed by atoms with Gasteiger partial charge in [0.1, 0.15) is 60.4 Å². The maximum atomic E-state index is 15.4. The zero-order valence-electron chi connectivity index (χ0n) is 60.7. The monoisotopic (exact) mass is 1340 g/mol. The molecule has 12 amide bonds. The zero-order chi connectivity index (χ0) is 71.6. The SMILES string of the molecule is CC(C)CC[C@@H]1C(=O)N[C@H](C)C(=O)N[C@@H](C)C(=O)N(C)[C@@H](CC(C)C)C(=O)N(C)[C@@H](CC(C)C)C(=O)N(C)[C@@H](C(C)C)C(=O)N(C)[C@@H]([C@H](O)[C@H](C)CCCCCCN)C(=O)NC(=O)N(C)[C@H](CSCCCCO)C(=O)N(C)[C@@H](CC(C)C)C(=O)N[C@@H](C(C)C)C(=O)N1C. The van der Waals surface area contributed by atoms with E-state index in [4.69, 9.17) is 5.73 Å². The Morgan fingerprint density at radius 3 is 1.41 bits per heavy atom. The van der Waals surface area contributed by atoms with Crippen LogP contribution < -0.4 is 27.0 Å². The number of amides is 12. The number of carbonyl (C=O) groups excluding carboxylic acids is 11. The predicted molar refractivity (Wildman–Crippen MR) is 365 cm³/mol. The van der Waals surface area contributed by atoms with Crippen molar-refractivity contribution in [1.82, 2.24) is 55.6 Å². The van der Waals surface area contributed by atoms with Crippen molar-refractivity contribution in [2.24, 2.45) is 47.2 Å². The predicted octanol–water partition coefficient (Wildman–Crippen LogP) is 4.29. The summed E-state index contributed by atoms with van der Waals surface area (Å²) in [5.41, 5.74) is 5.76. The van der Waals surface area contributed by atoms with Crippen molar-refractivity contribution >= 4 is 76.9 Å². The lowest BCUT2D eigenvalue weighted by Gasteiger charge is -2.41. The Hall–Kier alpha value is -5.60. The minimum absolute atomic E-state index is 0.0341. The Kier molecular flexibility index (Phi) is 38.0. The number of nitrogens with zero attached hydrogens (tertiary/aromatic N) is 7. The minimum Gasteiger partial charge on any atom is -0.396 e. The van der Waals surface area contributed by atoms with Crippen LogP contribution in [0.5, 0.6) is 0 Å². The number of unbranched alkanes of at least 4 members (excludes halogenated alkanes) is 4. The van der Waals surface area contributed by atoms with Gasteiger partial charge in [-0.15, -0.1) is 0 Å². The topological polar surface area (TPSA) is 325 Å². The van der Waals surface area contributed by atoms with Gasteiger partial charge in [0.15, 0.2) is 0 Å². The lowest BCUT2D eigenvalue weighted by Crippen LogP contribution is -2.64. The van der Waals surface area contributed by atoms with Gasteiger partial charge in [-0.1, -0.05) is 109 Å². The summed E-state index contributed by atoms with van der Waals surface area (Å²) in [7, 11) is 9.81. The number of nitrogens with one attached hydrogen (secondary N) is 4. The first-order valence-corrected chi connectivity index (χ1v) is 35.0. The van der Waals surface area contributed by atoms with E-state index in [-0.39, 0.29) is 61.7 Å². The van der Waals surface area contributed by atoms with Gasteiger partial charge in [0.2, 0.25) is 53.2 Å². The minimum atomic E-state index is -1.75. The summed E-state index contributed by atoms with van der Waals surface area (Å²) in [6.07, 6.45) is 3.93. The Morgan fingerprint density at radius 2 is 0.903 bits per heavy atom. The van der Waals surface area contributed by atoms with Crippen molar-refractivity contribution in [3.63, 3.8) is 0 Å². The fourth-order valence-corrected chi connectivity index (χ4v) is 12.8. The number of imide groups is 1. The standard InChI is InChI=1S/C67H124N12O13S/c1-39(2)30-31-48-58(83)69-46(14)57(82)70-47(15)61(86)75(18)50(36-41(5)6)62(87)76(19)51(37-42(7)8)63(88)78(21)54(44(11)12)66(91)79(22)55(56(81)45(13)29-25-23-24-26-32-68)60(85)72-67(92)77(20)52(38-93-34-28-27-33-80)64(89)74(17)49(35-40(3)4)59(84)71-53(43(9)10)65(90)73(48)16/h39-56,80-81H,23-38,68H2,1-22H3,(H,69,83)(H,70,82)(H,71,84)(H,72,85,92)/t45-,46-,47+,48-,49+,50+,51+,52-,53+,54+,55+,56-/m1/s1. The van der Waals surface area contributed by atoms with Crippen LogP contribution in [0.4, 0.5) is 4.79 Å². The van der Waals surface area contributed by atoms with Crippen LogP contribution in [0, 0.1) is 41.4 Å². The summed E-state index contributed by atoms with van der Waals surface area (Å²) in [6.45, 7) is 27.0. The van der Waals surface area contributed by atoms with Crippen molar-refractivity contribution < 1.29 is 63.0 Å². The van der Waals surface area contributed by atoms with E-state index in [9.17, 15) is 39.0 Å². The molecule has 1 rings (SSSR count). The van der Waals surface area contributed by atoms with Gasteiger partial charge in [0.05, 0.1) is 6.10 Å². The first-order chi connectivity index (χ1) is 43.2. The number of nitrogens with two attached hydrogens (primary N) is 1. The van der Waals surface area contributed by atoms with Crippen molar-refractivity contribution in [1.29, 1.82) is 0 Å². The maximum absolute atomic E-state index is 15.4. The third-order valence-corrected chi connectivity index (χ3v) is 18.9. The van der Waals surface area contributed by atoms with Gasteiger partial charge in [-0.3, -0.25) is 53.3 Å². The third-order valence-electron chi connectivity index (χ3n) is 17.7. The van der Waals surface area contributed by atoms with Gasteiger partial charge >= 0.3 is 6.03 Å². The average Bonchev–Trinajstić information content (AvgIpc) is 0.828. The first-order valence-electron chi connectivity index (χ1n) is 33.9. The number of aliphatic hydroxyl groups excluding tert-OH is 2. The summed E-state index contributed by atoms with van der Waals surface area (Å²) in [5, 5.41) is 32.6. The van der Waals surface area contributed by atoms with Gasteiger partial charge in [-0.2, -0.15) is 11.8 Å². The van der Waals surface area contributed by atoms with Gasteiger partial charge in [-0.05, 0) is 125 Å². The molecule has 1 aliphatic heterocycles. The molecule has 8 N–H and O–H groups in total. The molecule has 0 aromatic heterocycles. The van der Waals surface area contributed by atoms with Crippen LogP contribution >= 0.6 is 11.8 Å². The Balaban J connectivity index is 4.51. The van der Waals surface area contributed by atoms with Crippen LogP contribution in [0.15, 0.2) is 0 Å². The normalized spacial score (nSPS) is 25.4. The Bertz CT molecular complexity index is 2430.